The molecule has 0 fully saturated rings. The average Bonchev–Trinajstić information content (AvgIpc) is 2.48. The molecule has 0 aliphatic heterocycles. The van der Waals surface area contributed by atoms with Gasteiger partial charge in [-0.2, -0.15) is 13.2 Å². The van der Waals surface area contributed by atoms with E-state index in [0.29, 0.717) is 6.42 Å². The molecule has 0 aliphatic rings. The molecule has 1 aromatic rings. The lowest BCUT2D eigenvalue weighted by molar-refractivity contribution is -0.142. The summed E-state index contributed by atoms with van der Waals surface area (Å²) in [5, 5.41) is 11.1. The van der Waals surface area contributed by atoms with E-state index < -0.39 is 42.0 Å². The van der Waals surface area contributed by atoms with E-state index in [1.165, 1.54) is 18.2 Å². The van der Waals surface area contributed by atoms with Gasteiger partial charge in [-0.25, -0.2) is 4.79 Å². The van der Waals surface area contributed by atoms with E-state index in [1.807, 2.05) is 0 Å². The van der Waals surface area contributed by atoms with Crippen LogP contribution in [0.15, 0.2) is 36.9 Å². The fourth-order valence-electron chi connectivity index (χ4n) is 1.75. The zero-order valence-electron chi connectivity index (χ0n) is 12.1. The summed E-state index contributed by atoms with van der Waals surface area (Å²) in [6.45, 7) is 2.73. The van der Waals surface area contributed by atoms with Crippen molar-refractivity contribution in [1.29, 1.82) is 0 Å². The second-order valence-electron chi connectivity index (χ2n) is 4.61. The number of carbonyl (C=O) groups excluding carboxylic acids is 1. The predicted octanol–water partition coefficient (Wildman–Crippen LogP) is 2.62. The molecule has 0 radical (unpaired) electrons. The van der Waals surface area contributed by atoms with Gasteiger partial charge in [-0.1, -0.05) is 18.2 Å². The Labute approximate surface area is 130 Å². The first-order chi connectivity index (χ1) is 10.8. The zero-order valence-corrected chi connectivity index (χ0v) is 12.1. The Balaban J connectivity index is 2.66. The summed E-state index contributed by atoms with van der Waals surface area (Å²) in [6.07, 6.45) is -2.61. The molecule has 0 bridgehead atoms. The summed E-state index contributed by atoms with van der Waals surface area (Å²) in [5.74, 6) is -2.55. The van der Waals surface area contributed by atoms with E-state index in [4.69, 9.17) is 9.84 Å². The van der Waals surface area contributed by atoms with Gasteiger partial charge in [0.25, 0.3) is 5.91 Å². The molecule has 1 unspecified atom stereocenters. The van der Waals surface area contributed by atoms with Crippen molar-refractivity contribution >= 4 is 11.9 Å². The topological polar surface area (TPSA) is 75.6 Å². The number of benzene rings is 1. The highest BCUT2D eigenvalue weighted by Gasteiger charge is 2.34. The highest BCUT2D eigenvalue weighted by atomic mass is 19.4. The van der Waals surface area contributed by atoms with Crippen LogP contribution in [-0.4, -0.2) is 29.6 Å². The van der Waals surface area contributed by atoms with Gasteiger partial charge in [0.05, 0.1) is 5.56 Å². The lowest BCUT2D eigenvalue weighted by atomic mass is 10.1. The van der Waals surface area contributed by atoms with Gasteiger partial charge in [0.1, 0.15) is 11.8 Å². The Morgan fingerprint density at radius 2 is 2.00 bits per heavy atom. The predicted molar refractivity (Wildman–Crippen MR) is 75.9 cm³/mol. The quantitative estimate of drug-likeness (QED) is 0.718. The number of hydrogen-bond donors (Lipinski definition) is 2. The molecule has 0 saturated heterocycles. The van der Waals surface area contributed by atoms with Crippen LogP contribution in [0, 0.1) is 0 Å². The molecular weight excluding hydrogens is 315 g/mol. The summed E-state index contributed by atoms with van der Waals surface area (Å²) in [6, 6.07) is 3.31. The van der Waals surface area contributed by atoms with Gasteiger partial charge in [0.2, 0.25) is 0 Å². The van der Waals surface area contributed by atoms with Crippen LogP contribution >= 0.6 is 0 Å². The average molecular weight is 331 g/mol. The molecular formula is C15H16F3NO4. The van der Waals surface area contributed by atoms with Crippen LogP contribution in [0.4, 0.5) is 13.2 Å². The second kappa shape index (κ2) is 8.21. The first-order valence-electron chi connectivity index (χ1n) is 6.67. The number of carbonyl (C=O) groups is 2. The molecule has 1 atom stereocenters. The monoisotopic (exact) mass is 331 g/mol. The number of carboxylic acid groups (broad SMARTS) is 1. The summed E-state index contributed by atoms with van der Waals surface area (Å²) in [5.41, 5.74) is -1.01. The Morgan fingerprint density at radius 3 is 2.57 bits per heavy atom. The maximum absolute atomic E-state index is 12.8. The number of aliphatic carboxylic acids is 1. The molecule has 0 aliphatic carbocycles. The highest BCUT2D eigenvalue weighted by Crippen LogP contribution is 2.35. The molecule has 2 N–H and O–H groups in total. The van der Waals surface area contributed by atoms with Crippen LogP contribution in [0.5, 0.6) is 5.75 Å². The number of halogens is 3. The van der Waals surface area contributed by atoms with E-state index in [9.17, 15) is 22.8 Å². The number of allylic oxidation sites excluding steroid dienone is 1. The van der Waals surface area contributed by atoms with Crippen molar-refractivity contribution in [2.24, 2.45) is 0 Å². The smallest absolute Gasteiger partial charge is 0.419 e. The Morgan fingerprint density at radius 1 is 1.35 bits per heavy atom. The summed E-state index contributed by atoms with van der Waals surface area (Å²) < 4.78 is 43.1. The summed E-state index contributed by atoms with van der Waals surface area (Å²) >= 11 is 0. The van der Waals surface area contributed by atoms with Crippen LogP contribution in [0.25, 0.3) is 0 Å². The van der Waals surface area contributed by atoms with Gasteiger partial charge in [-0.3, -0.25) is 4.79 Å². The fourth-order valence-corrected chi connectivity index (χ4v) is 1.75. The fraction of sp³-hybridized carbons (Fsp3) is 0.333. The van der Waals surface area contributed by atoms with Crippen molar-refractivity contribution in [3.63, 3.8) is 0 Å². The molecule has 5 nitrogen and oxygen atoms in total. The van der Waals surface area contributed by atoms with Gasteiger partial charge in [0.15, 0.2) is 6.61 Å². The maximum Gasteiger partial charge on any atom is 0.419 e. The first kappa shape index (κ1) is 18.5. The number of alkyl halides is 3. The van der Waals surface area contributed by atoms with Gasteiger partial charge in [-0.15, -0.1) is 6.58 Å². The van der Waals surface area contributed by atoms with Crippen LogP contribution in [0.3, 0.4) is 0 Å². The molecule has 1 rings (SSSR count). The third kappa shape index (κ3) is 6.01. The number of hydrogen-bond acceptors (Lipinski definition) is 3. The van der Waals surface area contributed by atoms with E-state index in [-0.39, 0.29) is 6.42 Å². The minimum Gasteiger partial charge on any atom is -0.483 e. The summed E-state index contributed by atoms with van der Waals surface area (Å²) in [4.78, 5) is 22.6. The van der Waals surface area contributed by atoms with Gasteiger partial charge < -0.3 is 15.2 Å². The SMILES string of the molecule is C=CCCC(NC(=O)COc1ccccc1C(F)(F)F)C(=O)O. The lowest BCUT2D eigenvalue weighted by Crippen LogP contribution is -2.42. The van der Waals surface area contributed by atoms with Crippen molar-refractivity contribution in [3.8, 4) is 5.75 Å². The second-order valence-corrected chi connectivity index (χ2v) is 4.61. The largest absolute Gasteiger partial charge is 0.483 e. The number of para-hydroxylation sites is 1. The van der Waals surface area contributed by atoms with Crippen molar-refractivity contribution < 1.29 is 32.6 Å². The third-order valence-electron chi connectivity index (χ3n) is 2.84. The van der Waals surface area contributed by atoms with E-state index in [2.05, 4.69) is 11.9 Å². The molecule has 23 heavy (non-hydrogen) atoms. The first-order valence-corrected chi connectivity index (χ1v) is 6.67. The van der Waals surface area contributed by atoms with E-state index in [1.54, 1.807) is 0 Å². The molecule has 126 valence electrons. The van der Waals surface area contributed by atoms with Gasteiger partial charge in [-0.05, 0) is 25.0 Å². The molecule has 0 saturated carbocycles. The number of amides is 1. The van der Waals surface area contributed by atoms with Crippen molar-refractivity contribution in [3.05, 3.63) is 42.5 Å². The molecule has 0 heterocycles. The lowest BCUT2D eigenvalue weighted by Gasteiger charge is -2.16. The zero-order chi connectivity index (χ0) is 17.5. The van der Waals surface area contributed by atoms with Crippen LogP contribution in [0.1, 0.15) is 18.4 Å². The normalized spacial score (nSPS) is 12.3. The number of carboxylic acids is 1. The summed E-state index contributed by atoms with van der Waals surface area (Å²) in [7, 11) is 0. The standard InChI is InChI=1S/C15H16F3NO4/c1-2-3-7-11(14(21)22)19-13(20)9-23-12-8-5-4-6-10(12)15(16,17)18/h2,4-6,8,11H,1,3,7,9H2,(H,19,20)(H,21,22). The molecule has 0 aromatic heterocycles. The molecule has 1 aromatic carbocycles. The third-order valence-corrected chi connectivity index (χ3v) is 2.84. The number of nitrogens with one attached hydrogen (secondary N) is 1. The Bertz CT molecular complexity index is 572. The molecule has 1 amide bonds. The van der Waals surface area contributed by atoms with E-state index in [0.717, 1.165) is 12.1 Å². The molecule has 8 heteroatoms. The Kier molecular flexibility index (Phi) is 6.62. The number of rotatable bonds is 8. The van der Waals surface area contributed by atoms with Crippen LogP contribution in [0.2, 0.25) is 0 Å². The minimum atomic E-state index is -4.61. The van der Waals surface area contributed by atoms with Crippen molar-refractivity contribution in [2.45, 2.75) is 25.1 Å². The van der Waals surface area contributed by atoms with Crippen LogP contribution < -0.4 is 10.1 Å². The number of ether oxygens (including phenoxy) is 1. The van der Waals surface area contributed by atoms with Crippen LogP contribution in [-0.2, 0) is 15.8 Å². The van der Waals surface area contributed by atoms with Gasteiger partial charge >= 0.3 is 12.1 Å². The Hall–Kier alpha value is -2.51. The highest BCUT2D eigenvalue weighted by molar-refractivity contribution is 5.84. The minimum absolute atomic E-state index is 0.129. The van der Waals surface area contributed by atoms with Crippen molar-refractivity contribution in [2.75, 3.05) is 6.61 Å². The van der Waals surface area contributed by atoms with E-state index >= 15 is 0 Å². The van der Waals surface area contributed by atoms with Gasteiger partial charge in [0, 0.05) is 0 Å². The van der Waals surface area contributed by atoms with Crippen molar-refractivity contribution in [1.82, 2.24) is 5.32 Å². The maximum atomic E-state index is 12.8. The molecule has 0 spiro atoms.